The monoisotopic (exact) mass is 319 g/mol. The number of carbonyl (C=O) groups is 1. The first-order valence-electron chi connectivity index (χ1n) is 7.41. The van der Waals surface area contributed by atoms with Gasteiger partial charge in [0.1, 0.15) is 5.82 Å². The third-order valence-corrected chi connectivity index (χ3v) is 4.02. The van der Waals surface area contributed by atoms with Crippen molar-refractivity contribution in [3.8, 4) is 0 Å². The number of carbonyl (C=O) groups excluding carboxylic acids is 1. The molecule has 2 heterocycles. The van der Waals surface area contributed by atoms with Crippen molar-refractivity contribution in [1.82, 2.24) is 25.5 Å². The maximum Gasteiger partial charge on any atom is 0.242 e. The van der Waals surface area contributed by atoms with E-state index in [0.717, 1.165) is 24.1 Å². The standard InChI is InChI=1S/C15H18ClN5O/c1-9-3-2-8-17-13(9)14(10-4-5-10)19-12(22)7-6-11-18-15(16)21-20-11/h2-3,8,10,14H,4-7H2,1H3,(H,19,22)(H,18,20,21)/t14-/m0/s1. The van der Waals surface area contributed by atoms with Gasteiger partial charge in [-0.2, -0.15) is 0 Å². The molecule has 0 radical (unpaired) electrons. The number of aromatic nitrogens is 4. The van der Waals surface area contributed by atoms with E-state index in [1.165, 1.54) is 0 Å². The number of amides is 1. The summed E-state index contributed by atoms with van der Waals surface area (Å²) in [5, 5.41) is 9.74. The quantitative estimate of drug-likeness (QED) is 0.856. The van der Waals surface area contributed by atoms with Gasteiger partial charge in [-0.1, -0.05) is 6.07 Å². The lowest BCUT2D eigenvalue weighted by molar-refractivity contribution is -0.122. The van der Waals surface area contributed by atoms with Gasteiger partial charge >= 0.3 is 0 Å². The van der Waals surface area contributed by atoms with Crippen molar-refractivity contribution in [2.24, 2.45) is 5.92 Å². The predicted molar refractivity (Wildman–Crippen MR) is 82.3 cm³/mol. The zero-order chi connectivity index (χ0) is 15.5. The first-order valence-corrected chi connectivity index (χ1v) is 7.79. The summed E-state index contributed by atoms with van der Waals surface area (Å²) in [7, 11) is 0. The number of nitrogens with zero attached hydrogens (tertiary/aromatic N) is 3. The molecule has 1 aliphatic rings. The van der Waals surface area contributed by atoms with Crippen LogP contribution in [0.15, 0.2) is 18.3 Å². The topological polar surface area (TPSA) is 83.6 Å². The number of aryl methyl sites for hydroxylation is 2. The highest BCUT2D eigenvalue weighted by atomic mass is 35.5. The Hall–Kier alpha value is -1.95. The lowest BCUT2D eigenvalue weighted by atomic mass is 10.0. The van der Waals surface area contributed by atoms with Crippen LogP contribution in [0.2, 0.25) is 5.28 Å². The lowest BCUT2D eigenvalue weighted by Gasteiger charge is -2.19. The van der Waals surface area contributed by atoms with Crippen LogP contribution in [0.4, 0.5) is 0 Å². The third kappa shape index (κ3) is 3.62. The van der Waals surface area contributed by atoms with Crippen molar-refractivity contribution in [1.29, 1.82) is 0 Å². The number of halogens is 1. The second-order valence-electron chi connectivity index (χ2n) is 5.64. The molecule has 1 atom stereocenters. The Morgan fingerprint density at radius 1 is 1.55 bits per heavy atom. The van der Waals surface area contributed by atoms with Crippen molar-refractivity contribution in [3.63, 3.8) is 0 Å². The number of aromatic amines is 1. The fourth-order valence-electron chi connectivity index (χ4n) is 2.52. The molecule has 0 aliphatic heterocycles. The lowest BCUT2D eigenvalue weighted by Crippen LogP contribution is -2.31. The average Bonchev–Trinajstić information content (AvgIpc) is 3.26. The zero-order valence-corrected chi connectivity index (χ0v) is 13.1. The first kappa shape index (κ1) is 15.0. The average molecular weight is 320 g/mol. The molecule has 1 fully saturated rings. The van der Waals surface area contributed by atoms with Crippen molar-refractivity contribution in [3.05, 3.63) is 40.7 Å². The van der Waals surface area contributed by atoms with E-state index in [1.54, 1.807) is 6.20 Å². The van der Waals surface area contributed by atoms with E-state index >= 15 is 0 Å². The molecule has 0 saturated heterocycles. The minimum Gasteiger partial charge on any atom is -0.347 e. The molecule has 2 aromatic heterocycles. The highest BCUT2D eigenvalue weighted by Gasteiger charge is 2.34. The van der Waals surface area contributed by atoms with Crippen LogP contribution in [0.25, 0.3) is 0 Å². The Morgan fingerprint density at radius 2 is 2.36 bits per heavy atom. The van der Waals surface area contributed by atoms with Crippen LogP contribution in [0, 0.1) is 12.8 Å². The van der Waals surface area contributed by atoms with Crippen LogP contribution in [0.1, 0.15) is 42.4 Å². The summed E-state index contributed by atoms with van der Waals surface area (Å²) < 4.78 is 0. The van der Waals surface area contributed by atoms with Gasteiger partial charge in [0.2, 0.25) is 11.2 Å². The number of nitrogens with one attached hydrogen (secondary N) is 2. The van der Waals surface area contributed by atoms with Crippen LogP contribution in [0.5, 0.6) is 0 Å². The number of pyridine rings is 1. The van der Waals surface area contributed by atoms with Gasteiger partial charge < -0.3 is 5.32 Å². The van der Waals surface area contributed by atoms with E-state index in [2.05, 4.69) is 25.5 Å². The summed E-state index contributed by atoms with van der Waals surface area (Å²) in [6.45, 7) is 2.03. The van der Waals surface area contributed by atoms with E-state index in [4.69, 9.17) is 11.6 Å². The fraction of sp³-hybridized carbons (Fsp3) is 0.467. The molecule has 0 unspecified atom stereocenters. The molecule has 2 N–H and O–H groups in total. The van der Waals surface area contributed by atoms with E-state index in [0.29, 0.717) is 24.6 Å². The van der Waals surface area contributed by atoms with Gasteiger partial charge in [0.25, 0.3) is 0 Å². The Kier molecular flexibility index (Phi) is 4.38. The van der Waals surface area contributed by atoms with Crippen LogP contribution in [0.3, 0.4) is 0 Å². The Labute approximate surface area is 133 Å². The summed E-state index contributed by atoms with van der Waals surface area (Å²) in [5.74, 6) is 1.11. The Balaban J connectivity index is 1.61. The Morgan fingerprint density at radius 3 is 3.00 bits per heavy atom. The molecule has 0 spiro atoms. The summed E-state index contributed by atoms with van der Waals surface area (Å²) in [6, 6.07) is 3.95. The van der Waals surface area contributed by atoms with E-state index in [9.17, 15) is 4.79 Å². The molecule has 116 valence electrons. The molecule has 6 nitrogen and oxygen atoms in total. The van der Waals surface area contributed by atoms with Crippen molar-refractivity contribution < 1.29 is 4.79 Å². The van der Waals surface area contributed by atoms with E-state index < -0.39 is 0 Å². The molecular formula is C15H18ClN5O. The van der Waals surface area contributed by atoms with Crippen molar-refractivity contribution >= 4 is 17.5 Å². The predicted octanol–water partition coefficient (Wildman–Crippen LogP) is 2.36. The van der Waals surface area contributed by atoms with Crippen molar-refractivity contribution in [2.75, 3.05) is 0 Å². The van der Waals surface area contributed by atoms with Crippen LogP contribution in [-0.4, -0.2) is 26.1 Å². The molecule has 0 aromatic carbocycles. The first-order chi connectivity index (χ1) is 10.6. The molecule has 7 heteroatoms. The summed E-state index contributed by atoms with van der Waals surface area (Å²) in [5.41, 5.74) is 2.09. The third-order valence-electron chi connectivity index (χ3n) is 3.85. The minimum atomic E-state index is -0.00512. The van der Waals surface area contributed by atoms with Gasteiger partial charge in [-0.15, -0.1) is 5.10 Å². The maximum absolute atomic E-state index is 12.2. The number of rotatable bonds is 6. The van der Waals surface area contributed by atoms with E-state index in [-0.39, 0.29) is 17.2 Å². The molecule has 1 amide bonds. The highest BCUT2D eigenvalue weighted by Crippen LogP contribution is 2.41. The number of hydrogen-bond donors (Lipinski definition) is 2. The maximum atomic E-state index is 12.2. The smallest absolute Gasteiger partial charge is 0.242 e. The second-order valence-corrected chi connectivity index (χ2v) is 5.98. The van der Waals surface area contributed by atoms with Gasteiger partial charge in [-0.3, -0.25) is 14.9 Å². The minimum absolute atomic E-state index is 0.00512. The molecule has 2 aromatic rings. The zero-order valence-electron chi connectivity index (χ0n) is 12.3. The van der Waals surface area contributed by atoms with Crippen LogP contribution >= 0.6 is 11.6 Å². The van der Waals surface area contributed by atoms with Gasteiger partial charge in [-0.25, -0.2) is 4.98 Å². The number of H-pyrrole nitrogens is 1. The molecule has 22 heavy (non-hydrogen) atoms. The Bertz CT molecular complexity index is 667. The normalized spacial score (nSPS) is 15.5. The highest BCUT2D eigenvalue weighted by molar-refractivity contribution is 6.28. The van der Waals surface area contributed by atoms with Gasteiger partial charge in [-0.05, 0) is 48.9 Å². The fourth-order valence-corrected chi connectivity index (χ4v) is 2.67. The van der Waals surface area contributed by atoms with E-state index in [1.807, 2.05) is 19.1 Å². The van der Waals surface area contributed by atoms with Gasteiger partial charge in [0.15, 0.2) is 0 Å². The number of hydrogen-bond acceptors (Lipinski definition) is 4. The molecule has 0 bridgehead atoms. The van der Waals surface area contributed by atoms with Crippen LogP contribution < -0.4 is 5.32 Å². The molecule has 3 rings (SSSR count). The largest absolute Gasteiger partial charge is 0.347 e. The van der Waals surface area contributed by atoms with Crippen LogP contribution in [-0.2, 0) is 11.2 Å². The second kappa shape index (κ2) is 6.44. The molecule has 1 saturated carbocycles. The summed E-state index contributed by atoms with van der Waals surface area (Å²) in [4.78, 5) is 20.7. The van der Waals surface area contributed by atoms with Gasteiger partial charge in [0.05, 0.1) is 11.7 Å². The molecule has 1 aliphatic carbocycles. The summed E-state index contributed by atoms with van der Waals surface area (Å²) in [6.07, 6.45) is 4.89. The van der Waals surface area contributed by atoms with Gasteiger partial charge in [0, 0.05) is 19.0 Å². The van der Waals surface area contributed by atoms with Crippen molar-refractivity contribution in [2.45, 2.75) is 38.6 Å². The molecular weight excluding hydrogens is 302 g/mol. The SMILES string of the molecule is Cc1cccnc1[C@@H](NC(=O)CCc1nc(Cl)n[nH]1)C1CC1. The summed E-state index contributed by atoms with van der Waals surface area (Å²) >= 11 is 5.65.